The van der Waals surface area contributed by atoms with Crippen molar-refractivity contribution in [1.29, 1.82) is 0 Å². The van der Waals surface area contributed by atoms with Crippen molar-refractivity contribution in [2.75, 3.05) is 7.11 Å². The molecule has 6 heteroatoms. The van der Waals surface area contributed by atoms with Gasteiger partial charge in [-0.15, -0.1) is 0 Å². The molecule has 1 amide bonds. The second kappa shape index (κ2) is 5.73. The van der Waals surface area contributed by atoms with E-state index in [-0.39, 0.29) is 11.7 Å². The van der Waals surface area contributed by atoms with Crippen LogP contribution >= 0.6 is 11.3 Å². The van der Waals surface area contributed by atoms with Gasteiger partial charge in [0, 0.05) is 12.6 Å². The van der Waals surface area contributed by atoms with Crippen LogP contribution in [0, 0.1) is 5.82 Å². The van der Waals surface area contributed by atoms with Gasteiger partial charge < -0.3 is 9.30 Å². The van der Waals surface area contributed by atoms with E-state index in [9.17, 15) is 9.18 Å². The van der Waals surface area contributed by atoms with Gasteiger partial charge in [-0.2, -0.15) is 4.99 Å². The third kappa shape index (κ3) is 2.65. The first kappa shape index (κ1) is 14.5. The first-order chi connectivity index (χ1) is 10.6. The lowest BCUT2D eigenvalue weighted by Gasteiger charge is -2.00. The van der Waals surface area contributed by atoms with Crippen molar-refractivity contribution in [2.45, 2.75) is 0 Å². The van der Waals surface area contributed by atoms with E-state index in [0.29, 0.717) is 16.1 Å². The average Bonchev–Trinajstić information content (AvgIpc) is 2.82. The van der Waals surface area contributed by atoms with Crippen LogP contribution in [-0.2, 0) is 7.05 Å². The van der Waals surface area contributed by atoms with Gasteiger partial charge in [0.2, 0.25) is 0 Å². The van der Waals surface area contributed by atoms with Gasteiger partial charge in [-0.3, -0.25) is 4.79 Å². The van der Waals surface area contributed by atoms with E-state index < -0.39 is 0 Å². The molecule has 3 aromatic rings. The molecule has 0 N–H and O–H groups in total. The first-order valence-electron chi connectivity index (χ1n) is 6.56. The van der Waals surface area contributed by atoms with Gasteiger partial charge >= 0.3 is 0 Å². The molecule has 0 saturated heterocycles. The predicted octanol–water partition coefficient (Wildman–Crippen LogP) is 3.13. The lowest BCUT2D eigenvalue weighted by Crippen LogP contribution is -2.13. The second-order valence-corrected chi connectivity index (χ2v) is 5.71. The van der Waals surface area contributed by atoms with Gasteiger partial charge in [0.05, 0.1) is 17.3 Å². The molecule has 4 nitrogen and oxygen atoms in total. The van der Waals surface area contributed by atoms with Crippen molar-refractivity contribution in [2.24, 2.45) is 12.0 Å². The number of hydrogen-bond donors (Lipinski definition) is 0. The summed E-state index contributed by atoms with van der Waals surface area (Å²) in [6, 6.07) is 11.3. The lowest BCUT2D eigenvalue weighted by atomic mass is 10.2. The number of aryl methyl sites for hydroxylation is 1. The Morgan fingerprint density at radius 3 is 2.86 bits per heavy atom. The summed E-state index contributed by atoms with van der Waals surface area (Å²) in [5, 5.41) is 0. The maximum Gasteiger partial charge on any atom is 0.279 e. The van der Waals surface area contributed by atoms with Crippen molar-refractivity contribution in [1.82, 2.24) is 4.57 Å². The second-order valence-electron chi connectivity index (χ2n) is 4.70. The van der Waals surface area contributed by atoms with E-state index in [0.717, 1.165) is 10.2 Å². The van der Waals surface area contributed by atoms with Gasteiger partial charge in [0.15, 0.2) is 4.80 Å². The number of aromatic nitrogens is 1. The van der Waals surface area contributed by atoms with E-state index in [4.69, 9.17) is 4.74 Å². The molecular weight excluding hydrogens is 303 g/mol. The molecule has 0 aliphatic rings. The molecular formula is C16H13FN2O2S. The minimum absolute atomic E-state index is 0.306. The molecule has 1 heterocycles. The van der Waals surface area contributed by atoms with Gasteiger partial charge in [-0.1, -0.05) is 17.4 Å². The third-order valence-corrected chi connectivity index (χ3v) is 4.38. The monoisotopic (exact) mass is 316 g/mol. The molecule has 0 radical (unpaired) electrons. The molecule has 0 unspecified atom stereocenters. The zero-order valence-corrected chi connectivity index (χ0v) is 12.9. The Morgan fingerprint density at radius 2 is 2.09 bits per heavy atom. The summed E-state index contributed by atoms with van der Waals surface area (Å²) in [4.78, 5) is 16.9. The molecule has 0 bridgehead atoms. The number of halogens is 1. The van der Waals surface area contributed by atoms with Crippen molar-refractivity contribution in [3.8, 4) is 5.75 Å². The van der Waals surface area contributed by atoms with Gasteiger partial charge in [-0.25, -0.2) is 4.39 Å². The largest absolute Gasteiger partial charge is 0.497 e. The Balaban J connectivity index is 2.07. The molecule has 22 heavy (non-hydrogen) atoms. The Bertz CT molecular complexity index is 927. The average molecular weight is 316 g/mol. The zero-order chi connectivity index (χ0) is 15.7. The number of fused-ring (bicyclic) bond motifs is 1. The smallest absolute Gasteiger partial charge is 0.279 e. The van der Waals surface area contributed by atoms with Crippen LogP contribution in [0.15, 0.2) is 47.5 Å². The predicted molar refractivity (Wildman–Crippen MR) is 83.6 cm³/mol. The number of ether oxygens (including phenoxy) is 1. The number of rotatable bonds is 2. The quantitative estimate of drug-likeness (QED) is 0.729. The van der Waals surface area contributed by atoms with Crippen LogP contribution in [0.3, 0.4) is 0 Å². The maximum absolute atomic E-state index is 13.3. The number of amides is 1. The molecule has 0 saturated carbocycles. The van der Waals surface area contributed by atoms with Crippen LogP contribution in [-0.4, -0.2) is 17.6 Å². The molecule has 2 aromatic carbocycles. The highest BCUT2D eigenvalue weighted by Gasteiger charge is 2.08. The molecule has 1 aromatic heterocycles. The van der Waals surface area contributed by atoms with Crippen LogP contribution in [0.5, 0.6) is 5.75 Å². The topological polar surface area (TPSA) is 43.6 Å². The normalized spacial score (nSPS) is 11.9. The summed E-state index contributed by atoms with van der Waals surface area (Å²) in [6.07, 6.45) is 0. The third-order valence-electron chi connectivity index (χ3n) is 3.29. The van der Waals surface area contributed by atoms with Crippen LogP contribution in [0.25, 0.3) is 10.2 Å². The lowest BCUT2D eigenvalue weighted by molar-refractivity contribution is 0.0997. The Morgan fingerprint density at radius 1 is 1.27 bits per heavy atom. The molecule has 3 rings (SSSR count). The van der Waals surface area contributed by atoms with Gasteiger partial charge in [0.1, 0.15) is 11.6 Å². The summed E-state index contributed by atoms with van der Waals surface area (Å²) in [7, 11) is 3.34. The van der Waals surface area contributed by atoms with Crippen molar-refractivity contribution in [3.63, 3.8) is 0 Å². The van der Waals surface area contributed by atoms with Gasteiger partial charge in [0.25, 0.3) is 5.91 Å². The van der Waals surface area contributed by atoms with Crippen LogP contribution in [0.4, 0.5) is 4.39 Å². The number of methoxy groups -OCH3 is 1. The maximum atomic E-state index is 13.3. The first-order valence-corrected chi connectivity index (χ1v) is 7.38. The zero-order valence-electron chi connectivity index (χ0n) is 12.0. The summed E-state index contributed by atoms with van der Waals surface area (Å²) >= 11 is 1.28. The molecule has 0 aliphatic heterocycles. The van der Waals surface area contributed by atoms with E-state index >= 15 is 0 Å². The number of benzene rings is 2. The van der Waals surface area contributed by atoms with Gasteiger partial charge in [-0.05, 0) is 36.4 Å². The Hall–Kier alpha value is -2.47. The number of thiazole rings is 1. The highest BCUT2D eigenvalue weighted by atomic mass is 32.1. The summed E-state index contributed by atoms with van der Waals surface area (Å²) in [5.41, 5.74) is 1.28. The highest BCUT2D eigenvalue weighted by molar-refractivity contribution is 7.16. The minimum atomic E-state index is -0.360. The number of carbonyl (C=O) groups is 1. The van der Waals surface area contributed by atoms with E-state index in [1.807, 2.05) is 0 Å². The van der Waals surface area contributed by atoms with Crippen LogP contribution < -0.4 is 9.54 Å². The van der Waals surface area contributed by atoms with Crippen LogP contribution in [0.2, 0.25) is 0 Å². The Labute approximate surface area is 130 Å². The highest BCUT2D eigenvalue weighted by Crippen LogP contribution is 2.18. The van der Waals surface area contributed by atoms with Crippen molar-refractivity contribution >= 4 is 27.5 Å². The van der Waals surface area contributed by atoms with E-state index in [1.165, 1.54) is 23.5 Å². The number of carbonyl (C=O) groups excluding carboxylic acids is 1. The molecule has 0 fully saturated rings. The summed E-state index contributed by atoms with van der Waals surface area (Å²) < 4.78 is 20.9. The summed E-state index contributed by atoms with van der Waals surface area (Å²) in [6.45, 7) is 0. The minimum Gasteiger partial charge on any atom is -0.497 e. The molecule has 0 aliphatic carbocycles. The SMILES string of the molecule is COc1cccc(C(=O)N=c2sc3cc(F)ccc3n2C)c1. The molecule has 112 valence electrons. The standard InChI is InChI=1S/C16H13FN2O2S/c1-19-13-7-6-11(17)9-14(13)22-16(19)18-15(20)10-4-3-5-12(8-10)21-2/h3-9H,1-2H3. The Kier molecular flexibility index (Phi) is 3.77. The van der Waals surface area contributed by atoms with Crippen molar-refractivity contribution < 1.29 is 13.9 Å². The fourth-order valence-electron chi connectivity index (χ4n) is 2.12. The van der Waals surface area contributed by atoms with E-state index in [2.05, 4.69) is 4.99 Å². The van der Waals surface area contributed by atoms with Crippen LogP contribution in [0.1, 0.15) is 10.4 Å². The molecule has 0 atom stereocenters. The van der Waals surface area contributed by atoms with Crippen molar-refractivity contribution in [3.05, 3.63) is 58.6 Å². The fraction of sp³-hybridized carbons (Fsp3) is 0.125. The number of nitrogens with zero attached hydrogens (tertiary/aromatic N) is 2. The van der Waals surface area contributed by atoms with E-state index in [1.54, 1.807) is 49.1 Å². The fourth-order valence-corrected chi connectivity index (χ4v) is 3.16. The number of hydrogen-bond acceptors (Lipinski definition) is 3. The summed E-state index contributed by atoms with van der Waals surface area (Å²) in [5.74, 6) is -0.0645. The molecule has 0 spiro atoms.